The number of hydrogen-bond acceptors (Lipinski definition) is 1. The van der Waals surface area contributed by atoms with E-state index in [1.165, 1.54) is 0 Å². The van der Waals surface area contributed by atoms with Gasteiger partial charge in [0.15, 0.2) is 0 Å². The molecule has 0 aliphatic carbocycles. The van der Waals surface area contributed by atoms with Crippen LogP contribution in [0.25, 0.3) is 27.5 Å². The van der Waals surface area contributed by atoms with Crippen molar-refractivity contribution in [2.75, 3.05) is 0 Å². The molecule has 0 heterocycles. The number of carboxylic acid groups (broad SMARTS) is 1. The monoisotopic (exact) mass is 320 g/mol. The lowest BCUT2D eigenvalue weighted by molar-refractivity contribution is -0.134. The fraction of sp³-hybridized carbons (Fsp3) is 0.0952. The van der Waals surface area contributed by atoms with E-state index in [9.17, 15) is 9.18 Å². The zero-order valence-electron chi connectivity index (χ0n) is 13.3. The minimum Gasteiger partial charge on any atom is -0.476 e. The molecule has 0 fully saturated rings. The van der Waals surface area contributed by atoms with Crippen LogP contribution in [-0.2, 0) is 4.79 Å². The summed E-state index contributed by atoms with van der Waals surface area (Å²) in [6, 6.07) is 21.5. The first-order valence-electron chi connectivity index (χ1n) is 7.82. The summed E-state index contributed by atoms with van der Waals surface area (Å²) >= 11 is 0. The number of halogens is 1. The van der Waals surface area contributed by atoms with Gasteiger partial charge >= 0.3 is 5.97 Å². The average Bonchev–Trinajstić information content (AvgIpc) is 2.62. The van der Waals surface area contributed by atoms with E-state index in [-0.39, 0.29) is 5.57 Å². The number of rotatable bonds is 4. The fourth-order valence-electron chi connectivity index (χ4n) is 2.97. The van der Waals surface area contributed by atoms with Crippen molar-refractivity contribution in [2.24, 2.45) is 0 Å². The number of fused-ring (bicyclic) bond motifs is 1. The summed E-state index contributed by atoms with van der Waals surface area (Å²) in [6.07, 6.45) is 0.317. The Morgan fingerprint density at radius 2 is 1.71 bits per heavy atom. The molecule has 3 aromatic rings. The highest BCUT2D eigenvalue weighted by Crippen LogP contribution is 2.32. The van der Waals surface area contributed by atoms with Crippen LogP contribution in [0.5, 0.6) is 0 Å². The van der Waals surface area contributed by atoms with Gasteiger partial charge in [-0.1, -0.05) is 67.6 Å². The van der Waals surface area contributed by atoms with Gasteiger partial charge in [-0.05, 0) is 39.9 Å². The summed E-state index contributed by atoms with van der Waals surface area (Å²) in [5, 5.41) is 11.2. The molecule has 0 radical (unpaired) electrons. The third-order valence-electron chi connectivity index (χ3n) is 4.12. The van der Waals surface area contributed by atoms with Crippen LogP contribution in [0.1, 0.15) is 18.9 Å². The summed E-state index contributed by atoms with van der Waals surface area (Å²) in [6.45, 7) is 1.75. The maximum absolute atomic E-state index is 13.9. The molecular weight excluding hydrogens is 303 g/mol. The van der Waals surface area contributed by atoms with Crippen LogP contribution in [0.15, 0.2) is 72.6 Å². The smallest absolute Gasteiger partial charge is 0.365 e. The van der Waals surface area contributed by atoms with Gasteiger partial charge in [0.1, 0.15) is 0 Å². The van der Waals surface area contributed by atoms with E-state index >= 15 is 0 Å². The maximum Gasteiger partial charge on any atom is 0.365 e. The van der Waals surface area contributed by atoms with Crippen LogP contribution in [0, 0.1) is 0 Å². The van der Waals surface area contributed by atoms with Gasteiger partial charge in [-0.15, -0.1) is 0 Å². The topological polar surface area (TPSA) is 37.3 Å². The normalized spacial score (nSPS) is 12.1. The Kier molecular flexibility index (Phi) is 4.43. The lowest BCUT2D eigenvalue weighted by atomic mass is 9.94. The van der Waals surface area contributed by atoms with E-state index in [2.05, 4.69) is 0 Å². The average molecular weight is 320 g/mol. The Morgan fingerprint density at radius 3 is 2.46 bits per heavy atom. The van der Waals surface area contributed by atoms with Gasteiger partial charge in [-0.2, -0.15) is 4.39 Å². The summed E-state index contributed by atoms with van der Waals surface area (Å²) in [7, 11) is 0. The van der Waals surface area contributed by atoms with Gasteiger partial charge < -0.3 is 5.11 Å². The lowest BCUT2D eigenvalue weighted by Gasteiger charge is -2.11. The first-order valence-corrected chi connectivity index (χ1v) is 7.82. The molecule has 3 rings (SSSR count). The molecule has 1 N–H and O–H groups in total. The standard InChI is InChI=1S/C21H17FO2/c1-2-17(20(22)21(23)24)15-9-5-10-16(13-15)19-12-6-8-14-7-3-4-11-18(14)19/h3-13H,2H2,1H3,(H,23,24)/b20-17-. The molecule has 0 aliphatic heterocycles. The zero-order valence-corrected chi connectivity index (χ0v) is 13.3. The second-order valence-corrected chi connectivity index (χ2v) is 5.56. The number of carboxylic acids is 1. The van der Waals surface area contributed by atoms with Crippen LogP contribution < -0.4 is 0 Å². The van der Waals surface area contributed by atoms with Crippen molar-refractivity contribution in [3.8, 4) is 11.1 Å². The summed E-state index contributed by atoms with van der Waals surface area (Å²) in [4.78, 5) is 11.0. The third kappa shape index (κ3) is 2.93. The van der Waals surface area contributed by atoms with Crippen LogP contribution in [-0.4, -0.2) is 11.1 Å². The van der Waals surface area contributed by atoms with E-state index in [1.54, 1.807) is 13.0 Å². The van der Waals surface area contributed by atoms with Crippen molar-refractivity contribution in [3.63, 3.8) is 0 Å². The van der Waals surface area contributed by atoms with Gasteiger partial charge in [-0.25, -0.2) is 4.79 Å². The van der Waals surface area contributed by atoms with Gasteiger partial charge in [0.05, 0.1) is 0 Å². The molecular formula is C21H17FO2. The number of allylic oxidation sites excluding steroid dienone is 1. The summed E-state index contributed by atoms with van der Waals surface area (Å²) < 4.78 is 13.9. The maximum atomic E-state index is 13.9. The number of benzene rings is 3. The van der Waals surface area contributed by atoms with Crippen molar-refractivity contribution < 1.29 is 14.3 Å². The molecule has 3 heteroatoms. The summed E-state index contributed by atoms with van der Waals surface area (Å²) in [5.74, 6) is -2.62. The second-order valence-electron chi connectivity index (χ2n) is 5.56. The second kappa shape index (κ2) is 6.67. The molecule has 0 amide bonds. The van der Waals surface area contributed by atoms with Gasteiger partial charge in [0.25, 0.3) is 0 Å². The summed E-state index contributed by atoms with van der Waals surface area (Å²) in [5.41, 5.74) is 2.79. The molecule has 0 spiro atoms. The zero-order chi connectivity index (χ0) is 17.1. The quantitative estimate of drug-likeness (QED) is 0.628. The predicted molar refractivity (Wildman–Crippen MR) is 95.3 cm³/mol. The molecule has 0 bridgehead atoms. The van der Waals surface area contributed by atoms with Crippen molar-refractivity contribution in [2.45, 2.75) is 13.3 Å². The van der Waals surface area contributed by atoms with Crippen molar-refractivity contribution >= 4 is 22.3 Å². The Hall–Kier alpha value is -2.94. The third-order valence-corrected chi connectivity index (χ3v) is 4.12. The number of hydrogen-bond donors (Lipinski definition) is 1. The highest BCUT2D eigenvalue weighted by atomic mass is 19.1. The molecule has 3 aromatic carbocycles. The molecule has 2 nitrogen and oxygen atoms in total. The van der Waals surface area contributed by atoms with E-state index in [4.69, 9.17) is 5.11 Å². The largest absolute Gasteiger partial charge is 0.476 e. The minimum atomic E-state index is -1.53. The molecule has 24 heavy (non-hydrogen) atoms. The Morgan fingerprint density at radius 1 is 1.00 bits per heavy atom. The van der Waals surface area contributed by atoms with Crippen molar-refractivity contribution in [1.82, 2.24) is 0 Å². The van der Waals surface area contributed by atoms with Crippen LogP contribution in [0.3, 0.4) is 0 Å². The van der Waals surface area contributed by atoms with Crippen molar-refractivity contribution in [1.29, 1.82) is 0 Å². The predicted octanol–water partition coefficient (Wildman–Crippen LogP) is 5.68. The SMILES string of the molecule is CC/C(=C(/F)C(=O)O)c1cccc(-c2cccc3ccccc23)c1. The highest BCUT2D eigenvalue weighted by Gasteiger charge is 2.15. The van der Waals surface area contributed by atoms with Gasteiger partial charge in [0, 0.05) is 5.57 Å². The van der Waals surface area contributed by atoms with E-state index in [0.717, 1.165) is 21.9 Å². The molecule has 0 saturated carbocycles. The van der Waals surface area contributed by atoms with Crippen LogP contribution in [0.2, 0.25) is 0 Å². The van der Waals surface area contributed by atoms with E-state index in [0.29, 0.717) is 12.0 Å². The van der Waals surface area contributed by atoms with Gasteiger partial charge in [-0.3, -0.25) is 0 Å². The van der Waals surface area contributed by atoms with E-state index < -0.39 is 11.8 Å². The first kappa shape index (κ1) is 15.9. The fourth-order valence-corrected chi connectivity index (χ4v) is 2.97. The lowest BCUT2D eigenvalue weighted by Crippen LogP contribution is -1.99. The van der Waals surface area contributed by atoms with Gasteiger partial charge in [0.2, 0.25) is 5.83 Å². The van der Waals surface area contributed by atoms with E-state index in [1.807, 2.05) is 60.7 Å². The van der Waals surface area contributed by atoms with Crippen LogP contribution >= 0.6 is 0 Å². The molecule has 0 aromatic heterocycles. The molecule has 120 valence electrons. The molecule has 0 unspecified atom stereocenters. The number of aliphatic carboxylic acids is 1. The molecule has 0 aliphatic rings. The first-order chi connectivity index (χ1) is 11.6. The highest BCUT2D eigenvalue weighted by molar-refractivity contribution is 5.98. The number of carbonyl (C=O) groups is 1. The van der Waals surface area contributed by atoms with Crippen molar-refractivity contribution in [3.05, 3.63) is 78.1 Å². The Bertz CT molecular complexity index is 936. The van der Waals surface area contributed by atoms with Crippen LogP contribution in [0.4, 0.5) is 4.39 Å². The minimum absolute atomic E-state index is 0.213. The Labute approximate surface area is 139 Å². The molecule has 0 atom stereocenters. The molecule has 0 saturated heterocycles. The Balaban J connectivity index is 2.18.